The van der Waals surface area contributed by atoms with Gasteiger partial charge in [0.1, 0.15) is 0 Å². The van der Waals surface area contributed by atoms with Gasteiger partial charge in [-0.3, -0.25) is 4.99 Å². The summed E-state index contributed by atoms with van der Waals surface area (Å²) in [5.41, 5.74) is 2.39. The van der Waals surface area contributed by atoms with E-state index in [1.807, 2.05) is 42.6 Å². The largest absolute Gasteiger partial charge is 0.288 e. The van der Waals surface area contributed by atoms with Gasteiger partial charge in [-0.15, -0.1) is 0 Å². The lowest BCUT2D eigenvalue weighted by Crippen LogP contribution is -1.83. The zero-order valence-electron chi connectivity index (χ0n) is 8.51. The van der Waals surface area contributed by atoms with Gasteiger partial charge in [-0.25, -0.2) is 0 Å². The molecule has 2 rings (SSSR count). The van der Waals surface area contributed by atoms with E-state index in [0.717, 1.165) is 12.1 Å². The van der Waals surface area contributed by atoms with Gasteiger partial charge in [0.2, 0.25) is 0 Å². The summed E-state index contributed by atoms with van der Waals surface area (Å²) >= 11 is 0. The second-order valence-corrected chi connectivity index (χ2v) is 3.37. The lowest BCUT2D eigenvalue weighted by atomic mass is 10.2. The highest BCUT2D eigenvalue weighted by molar-refractivity contribution is 5.79. The minimum Gasteiger partial charge on any atom is -0.288 e. The average Bonchev–Trinajstić information content (AvgIpc) is 2.32. The average molecular weight is 195 g/mol. The van der Waals surface area contributed by atoms with Crippen molar-refractivity contribution >= 4 is 6.21 Å². The molecule has 0 aromatic heterocycles. The van der Waals surface area contributed by atoms with Gasteiger partial charge in [-0.2, -0.15) is 0 Å². The molecule has 0 saturated heterocycles. The molecule has 0 atom stereocenters. The molecule has 0 aliphatic carbocycles. The highest BCUT2D eigenvalue weighted by Crippen LogP contribution is 2.00. The van der Waals surface area contributed by atoms with Crippen molar-refractivity contribution in [3.05, 3.63) is 71.8 Å². The van der Waals surface area contributed by atoms with E-state index < -0.39 is 0 Å². The number of rotatable bonds is 3. The van der Waals surface area contributed by atoms with Crippen molar-refractivity contribution in [2.45, 2.75) is 6.54 Å². The highest BCUT2D eigenvalue weighted by atomic mass is 14.7. The van der Waals surface area contributed by atoms with Gasteiger partial charge in [0.25, 0.3) is 0 Å². The summed E-state index contributed by atoms with van der Waals surface area (Å²) in [4.78, 5) is 4.39. The Bertz CT molecular complexity index is 418. The molecule has 2 aromatic rings. The Morgan fingerprint density at radius 2 is 1.40 bits per heavy atom. The first-order chi connectivity index (χ1) is 7.45. The first-order valence-corrected chi connectivity index (χ1v) is 5.04. The van der Waals surface area contributed by atoms with Crippen LogP contribution >= 0.6 is 0 Å². The summed E-state index contributed by atoms with van der Waals surface area (Å²) in [6.45, 7) is 0.746. The summed E-state index contributed by atoms with van der Waals surface area (Å²) in [6.07, 6.45) is 1.91. The molecule has 2 aromatic carbocycles. The van der Waals surface area contributed by atoms with Gasteiger partial charge in [-0.05, 0) is 11.1 Å². The van der Waals surface area contributed by atoms with Crippen molar-refractivity contribution in [1.29, 1.82) is 0 Å². The van der Waals surface area contributed by atoms with Crippen LogP contribution in [0.15, 0.2) is 65.7 Å². The van der Waals surface area contributed by atoms with Crippen molar-refractivity contribution in [2.75, 3.05) is 0 Å². The van der Waals surface area contributed by atoms with Crippen LogP contribution < -0.4 is 0 Å². The van der Waals surface area contributed by atoms with Crippen molar-refractivity contribution in [2.24, 2.45) is 4.99 Å². The quantitative estimate of drug-likeness (QED) is 0.666. The van der Waals surface area contributed by atoms with Crippen LogP contribution in [0.25, 0.3) is 0 Å². The third-order valence-corrected chi connectivity index (χ3v) is 2.16. The first-order valence-electron chi connectivity index (χ1n) is 5.04. The molecule has 0 amide bonds. The Labute approximate surface area is 90.1 Å². The van der Waals surface area contributed by atoms with Crippen LogP contribution in [0, 0.1) is 0 Å². The fraction of sp³-hybridized carbons (Fsp3) is 0.0714. The fourth-order valence-electron chi connectivity index (χ4n) is 1.38. The van der Waals surface area contributed by atoms with Crippen molar-refractivity contribution in [3.8, 4) is 0 Å². The Morgan fingerprint density at radius 1 is 0.800 bits per heavy atom. The Morgan fingerprint density at radius 3 is 2.07 bits per heavy atom. The third kappa shape index (κ3) is 3.06. The van der Waals surface area contributed by atoms with Crippen LogP contribution in [-0.4, -0.2) is 6.21 Å². The van der Waals surface area contributed by atoms with E-state index in [1.165, 1.54) is 5.56 Å². The topological polar surface area (TPSA) is 12.4 Å². The van der Waals surface area contributed by atoms with Gasteiger partial charge in [0.05, 0.1) is 6.54 Å². The Balaban J connectivity index is 1.97. The van der Waals surface area contributed by atoms with Gasteiger partial charge >= 0.3 is 0 Å². The maximum absolute atomic E-state index is 4.39. The molecule has 0 heterocycles. The molecule has 0 bridgehead atoms. The maximum atomic E-state index is 4.39. The highest BCUT2D eigenvalue weighted by Gasteiger charge is 1.87. The van der Waals surface area contributed by atoms with Crippen LogP contribution in [0.5, 0.6) is 0 Å². The van der Waals surface area contributed by atoms with Crippen LogP contribution in [0.2, 0.25) is 0 Å². The molecule has 0 unspecified atom stereocenters. The van der Waals surface area contributed by atoms with E-state index in [9.17, 15) is 0 Å². The summed E-state index contributed by atoms with van der Waals surface area (Å²) in [5, 5.41) is 0. The van der Waals surface area contributed by atoms with Crippen LogP contribution in [0.1, 0.15) is 11.1 Å². The smallest absolute Gasteiger partial charge is 0.0639 e. The number of nitrogens with zero attached hydrogens (tertiary/aromatic N) is 1. The number of benzene rings is 2. The summed E-state index contributed by atoms with van der Waals surface area (Å²) in [7, 11) is 0. The summed E-state index contributed by atoms with van der Waals surface area (Å²) in [5.74, 6) is 0. The minimum atomic E-state index is 0.746. The second-order valence-electron chi connectivity index (χ2n) is 3.37. The second kappa shape index (κ2) is 5.11. The minimum absolute atomic E-state index is 0.746. The fourth-order valence-corrected chi connectivity index (χ4v) is 1.38. The van der Waals surface area contributed by atoms with Gasteiger partial charge in [0.15, 0.2) is 0 Å². The molecule has 0 saturated carbocycles. The molecule has 0 spiro atoms. The van der Waals surface area contributed by atoms with E-state index >= 15 is 0 Å². The molecule has 1 nitrogen and oxygen atoms in total. The van der Waals surface area contributed by atoms with Crippen LogP contribution in [0.4, 0.5) is 0 Å². The lowest BCUT2D eigenvalue weighted by molar-refractivity contribution is 1.08. The molecule has 0 fully saturated rings. The van der Waals surface area contributed by atoms with E-state index in [4.69, 9.17) is 0 Å². The molecule has 0 radical (unpaired) electrons. The van der Waals surface area contributed by atoms with E-state index in [2.05, 4.69) is 29.3 Å². The lowest BCUT2D eigenvalue weighted by Gasteiger charge is -1.94. The monoisotopic (exact) mass is 195 g/mol. The van der Waals surface area contributed by atoms with E-state index in [-0.39, 0.29) is 0 Å². The molecular formula is C14H13N. The predicted molar refractivity (Wildman–Crippen MR) is 64.2 cm³/mol. The van der Waals surface area contributed by atoms with E-state index in [0.29, 0.717) is 0 Å². The SMILES string of the molecule is C(=N\Cc1ccccc1)/c1ccccc1. The number of aliphatic imine (C=N–C) groups is 1. The van der Waals surface area contributed by atoms with Gasteiger partial charge in [-0.1, -0.05) is 60.7 Å². The van der Waals surface area contributed by atoms with Crippen LogP contribution in [-0.2, 0) is 6.54 Å². The molecule has 0 aliphatic rings. The molecule has 1 heteroatoms. The number of hydrogen-bond acceptors (Lipinski definition) is 1. The molecule has 74 valence electrons. The van der Waals surface area contributed by atoms with E-state index in [1.54, 1.807) is 0 Å². The molecule has 0 N–H and O–H groups in total. The van der Waals surface area contributed by atoms with Crippen LogP contribution in [0.3, 0.4) is 0 Å². The standard InChI is InChI=1S/C14H13N/c1-3-7-13(8-4-1)11-15-12-14-9-5-2-6-10-14/h1-11H,12H2/b15-11+. The normalized spacial score (nSPS) is 10.7. The summed E-state index contributed by atoms with van der Waals surface area (Å²) in [6, 6.07) is 20.4. The maximum Gasteiger partial charge on any atom is 0.0639 e. The zero-order valence-corrected chi connectivity index (χ0v) is 8.51. The van der Waals surface area contributed by atoms with Crippen molar-refractivity contribution < 1.29 is 0 Å². The molecular weight excluding hydrogens is 182 g/mol. The zero-order chi connectivity index (χ0) is 10.3. The summed E-state index contributed by atoms with van der Waals surface area (Å²) < 4.78 is 0. The first kappa shape index (κ1) is 9.66. The third-order valence-electron chi connectivity index (χ3n) is 2.16. The Hall–Kier alpha value is -1.89. The Kier molecular flexibility index (Phi) is 3.29. The molecule has 0 aliphatic heterocycles. The number of hydrogen-bond donors (Lipinski definition) is 0. The molecule has 15 heavy (non-hydrogen) atoms. The van der Waals surface area contributed by atoms with Gasteiger partial charge in [0, 0.05) is 6.21 Å². The predicted octanol–water partition coefficient (Wildman–Crippen LogP) is 3.31. The van der Waals surface area contributed by atoms with Gasteiger partial charge < -0.3 is 0 Å². The van der Waals surface area contributed by atoms with Crippen molar-refractivity contribution in [3.63, 3.8) is 0 Å². The van der Waals surface area contributed by atoms with Crippen molar-refractivity contribution in [1.82, 2.24) is 0 Å².